The molecule has 0 bridgehead atoms. The summed E-state index contributed by atoms with van der Waals surface area (Å²) in [5.41, 5.74) is 2.87. The molecule has 0 atom stereocenters. The van der Waals surface area contributed by atoms with E-state index in [0.717, 1.165) is 60.1 Å². The average molecular weight is 526 g/mol. The molecule has 0 aliphatic carbocycles. The van der Waals surface area contributed by atoms with Crippen LogP contribution in [0.4, 0.5) is 34.8 Å². The van der Waals surface area contributed by atoms with Crippen molar-refractivity contribution < 1.29 is 4.74 Å². The molecule has 2 fully saturated rings. The van der Waals surface area contributed by atoms with Crippen molar-refractivity contribution in [3.05, 3.63) is 60.9 Å². The summed E-state index contributed by atoms with van der Waals surface area (Å²) in [5.74, 6) is 2.88. The van der Waals surface area contributed by atoms with E-state index < -0.39 is 0 Å². The summed E-state index contributed by atoms with van der Waals surface area (Å²) in [6, 6.07) is 16.8. The van der Waals surface area contributed by atoms with Crippen LogP contribution in [-0.2, 0) is 4.74 Å². The smallest absolute Gasteiger partial charge is 0.229 e. The van der Waals surface area contributed by atoms with E-state index in [-0.39, 0.29) is 0 Å². The Morgan fingerprint density at radius 3 is 2.31 bits per heavy atom. The summed E-state index contributed by atoms with van der Waals surface area (Å²) in [6.07, 6.45) is 6.08. The maximum absolute atomic E-state index is 5.59. The van der Waals surface area contributed by atoms with Gasteiger partial charge in [0.25, 0.3) is 0 Å². The van der Waals surface area contributed by atoms with Gasteiger partial charge in [0.2, 0.25) is 5.95 Å². The second-order valence-electron chi connectivity index (χ2n) is 10.3. The van der Waals surface area contributed by atoms with Gasteiger partial charge < -0.3 is 30.1 Å². The Balaban J connectivity index is 1.23. The molecule has 39 heavy (non-hydrogen) atoms. The van der Waals surface area contributed by atoms with Crippen LogP contribution in [0, 0.1) is 0 Å². The summed E-state index contributed by atoms with van der Waals surface area (Å²) in [4.78, 5) is 26.0. The number of aromatic nitrogens is 4. The van der Waals surface area contributed by atoms with Gasteiger partial charge in [-0.2, -0.15) is 4.98 Å². The second-order valence-corrected chi connectivity index (χ2v) is 10.3. The molecule has 2 N–H and O–H groups in total. The van der Waals surface area contributed by atoms with E-state index in [9.17, 15) is 0 Å². The first-order valence-electron chi connectivity index (χ1n) is 13.6. The zero-order valence-corrected chi connectivity index (χ0v) is 22.5. The monoisotopic (exact) mass is 525 g/mol. The predicted molar refractivity (Wildman–Crippen MR) is 157 cm³/mol. The third-order valence-electron chi connectivity index (χ3n) is 7.47. The van der Waals surface area contributed by atoms with Gasteiger partial charge in [-0.1, -0.05) is 18.2 Å². The lowest BCUT2D eigenvalue weighted by molar-refractivity contribution is 0.122. The molecule has 0 unspecified atom stereocenters. The molecule has 202 valence electrons. The van der Waals surface area contributed by atoms with Gasteiger partial charge in [0.15, 0.2) is 0 Å². The molecule has 10 heteroatoms. The number of para-hydroxylation sites is 1. The van der Waals surface area contributed by atoms with E-state index in [0.29, 0.717) is 31.0 Å². The van der Waals surface area contributed by atoms with E-state index in [1.165, 1.54) is 12.8 Å². The van der Waals surface area contributed by atoms with Crippen LogP contribution in [-0.4, -0.2) is 84.4 Å². The number of morpholine rings is 1. The van der Waals surface area contributed by atoms with Crippen LogP contribution in [0.15, 0.2) is 60.9 Å². The molecule has 6 rings (SSSR count). The molecular weight excluding hydrogens is 490 g/mol. The second kappa shape index (κ2) is 11.4. The van der Waals surface area contributed by atoms with Crippen molar-refractivity contribution in [2.45, 2.75) is 18.9 Å². The maximum atomic E-state index is 5.59. The highest BCUT2D eigenvalue weighted by Crippen LogP contribution is 2.30. The van der Waals surface area contributed by atoms with Crippen LogP contribution in [0.5, 0.6) is 0 Å². The molecule has 0 spiro atoms. The Morgan fingerprint density at radius 1 is 0.821 bits per heavy atom. The molecule has 0 radical (unpaired) electrons. The number of fused-ring (bicyclic) bond motifs is 1. The third-order valence-corrected chi connectivity index (χ3v) is 7.47. The Kier molecular flexibility index (Phi) is 7.38. The number of nitrogens with one attached hydrogen (secondary N) is 2. The van der Waals surface area contributed by atoms with Crippen molar-refractivity contribution in [1.29, 1.82) is 0 Å². The lowest BCUT2D eigenvalue weighted by Gasteiger charge is -2.36. The molecule has 4 aromatic rings. The van der Waals surface area contributed by atoms with Gasteiger partial charge in [-0.05, 0) is 57.3 Å². The zero-order chi connectivity index (χ0) is 26.6. The van der Waals surface area contributed by atoms with Gasteiger partial charge in [0.05, 0.1) is 36.8 Å². The molecule has 10 nitrogen and oxygen atoms in total. The van der Waals surface area contributed by atoms with Crippen LogP contribution in [0.3, 0.4) is 0 Å². The van der Waals surface area contributed by atoms with Gasteiger partial charge >= 0.3 is 0 Å². The third kappa shape index (κ3) is 5.86. The SMILES string of the molecule is CN(C)C1CCN(c2ccc(Nc3cc4c(N5CCOCC5)nc(Nc5ccccc5)nc4cn3)nc2)CC1. The number of piperidine rings is 1. The number of hydrogen-bond acceptors (Lipinski definition) is 10. The Morgan fingerprint density at radius 2 is 1.59 bits per heavy atom. The Hall–Kier alpha value is -4.02. The lowest BCUT2D eigenvalue weighted by Crippen LogP contribution is -2.42. The zero-order valence-electron chi connectivity index (χ0n) is 22.5. The fraction of sp³-hybridized carbons (Fsp3) is 0.379. The molecule has 1 aromatic carbocycles. The van der Waals surface area contributed by atoms with Crippen molar-refractivity contribution in [3.63, 3.8) is 0 Å². The van der Waals surface area contributed by atoms with Crippen LogP contribution in [0.1, 0.15) is 12.8 Å². The van der Waals surface area contributed by atoms with Crippen molar-refractivity contribution >= 4 is 45.7 Å². The topological polar surface area (TPSA) is 94.6 Å². The van der Waals surface area contributed by atoms with Crippen molar-refractivity contribution in [3.8, 4) is 0 Å². The van der Waals surface area contributed by atoms with Gasteiger partial charge in [-0.15, -0.1) is 0 Å². The van der Waals surface area contributed by atoms with Gasteiger partial charge in [0, 0.05) is 43.3 Å². The first-order valence-corrected chi connectivity index (χ1v) is 13.6. The quantitative estimate of drug-likeness (QED) is 0.364. The Bertz CT molecular complexity index is 1380. The summed E-state index contributed by atoms with van der Waals surface area (Å²) in [5, 5.41) is 7.64. The largest absolute Gasteiger partial charge is 0.378 e. The van der Waals surface area contributed by atoms with Gasteiger partial charge in [0.1, 0.15) is 17.5 Å². The van der Waals surface area contributed by atoms with Gasteiger partial charge in [-0.3, -0.25) is 0 Å². The standard InChI is InChI=1S/C29H35N9O/c1-36(2)22-10-12-37(13-11-22)23-8-9-26(30-19-23)34-27-18-24-25(20-31-27)33-29(32-21-6-4-3-5-7-21)35-28(24)38-14-16-39-17-15-38/h3-9,18-20,22H,10-17H2,1-2H3,(H,30,31,34)(H,32,33,35). The highest BCUT2D eigenvalue weighted by Gasteiger charge is 2.21. The number of ether oxygens (including phenoxy) is 1. The van der Waals surface area contributed by atoms with Crippen molar-refractivity contribution in [2.75, 3.05) is 73.9 Å². The number of benzene rings is 1. The molecule has 3 aromatic heterocycles. The van der Waals surface area contributed by atoms with Crippen LogP contribution < -0.4 is 20.4 Å². The average Bonchev–Trinajstić information content (AvgIpc) is 2.98. The number of nitrogens with zero attached hydrogens (tertiary/aromatic N) is 7. The minimum absolute atomic E-state index is 0.546. The summed E-state index contributed by atoms with van der Waals surface area (Å²) < 4.78 is 5.59. The molecule has 0 amide bonds. The predicted octanol–water partition coefficient (Wildman–Crippen LogP) is 4.27. The molecule has 0 saturated carbocycles. The molecule has 5 heterocycles. The fourth-order valence-electron chi connectivity index (χ4n) is 5.23. The van der Waals surface area contributed by atoms with Crippen LogP contribution in [0.2, 0.25) is 0 Å². The molecule has 2 aliphatic rings. The highest BCUT2D eigenvalue weighted by atomic mass is 16.5. The normalized spacial score (nSPS) is 16.6. The Labute approximate surface area is 229 Å². The van der Waals surface area contributed by atoms with E-state index >= 15 is 0 Å². The number of anilines is 6. The first-order chi connectivity index (χ1) is 19.1. The lowest BCUT2D eigenvalue weighted by atomic mass is 10.0. The van der Waals surface area contributed by atoms with E-state index in [1.54, 1.807) is 6.20 Å². The minimum Gasteiger partial charge on any atom is -0.378 e. The number of pyridine rings is 2. The summed E-state index contributed by atoms with van der Waals surface area (Å²) in [7, 11) is 4.33. The fourth-order valence-corrected chi connectivity index (χ4v) is 5.23. The number of rotatable bonds is 7. The summed E-state index contributed by atoms with van der Waals surface area (Å²) >= 11 is 0. The molecule has 2 aliphatic heterocycles. The minimum atomic E-state index is 0.546. The maximum Gasteiger partial charge on any atom is 0.229 e. The van der Waals surface area contributed by atoms with Crippen LogP contribution >= 0.6 is 0 Å². The molecule has 2 saturated heterocycles. The van der Waals surface area contributed by atoms with Gasteiger partial charge in [-0.25, -0.2) is 15.0 Å². The molecular formula is C29H35N9O. The van der Waals surface area contributed by atoms with Crippen molar-refractivity contribution in [2.24, 2.45) is 0 Å². The van der Waals surface area contributed by atoms with E-state index in [4.69, 9.17) is 14.7 Å². The van der Waals surface area contributed by atoms with E-state index in [2.05, 4.69) is 55.5 Å². The van der Waals surface area contributed by atoms with Crippen LogP contribution in [0.25, 0.3) is 10.9 Å². The van der Waals surface area contributed by atoms with E-state index in [1.807, 2.05) is 48.7 Å². The van der Waals surface area contributed by atoms with Crippen molar-refractivity contribution in [1.82, 2.24) is 24.8 Å². The first kappa shape index (κ1) is 25.3. The number of hydrogen-bond donors (Lipinski definition) is 2. The summed E-state index contributed by atoms with van der Waals surface area (Å²) in [6.45, 7) is 5.00. The highest BCUT2D eigenvalue weighted by molar-refractivity contribution is 5.92.